The molecule has 0 saturated carbocycles. The zero-order chi connectivity index (χ0) is 52.2. The number of piperazine rings is 2. The van der Waals surface area contributed by atoms with Crippen molar-refractivity contribution in [3.05, 3.63) is 36.2 Å². The van der Waals surface area contributed by atoms with E-state index in [-0.39, 0.29) is 116 Å². The second-order valence-electron chi connectivity index (χ2n) is 17.9. The quantitative estimate of drug-likeness (QED) is 0.202. The first-order chi connectivity index (χ1) is 32.3. The van der Waals surface area contributed by atoms with Crippen LogP contribution in [0.1, 0.15) is 70.7 Å². The molecule has 70 heavy (non-hydrogen) atoms. The van der Waals surface area contributed by atoms with E-state index in [9.17, 15) is 75.4 Å². The topological polar surface area (TPSA) is 215 Å². The van der Waals surface area contributed by atoms with Gasteiger partial charge in [-0.05, 0) is 33.6 Å². The van der Waals surface area contributed by atoms with Crippen LogP contribution in [0.4, 0.5) is 55.5 Å². The van der Waals surface area contributed by atoms with Crippen LogP contribution in [-0.2, 0) is 56.7 Å². The molecule has 4 saturated heterocycles. The predicted molar refractivity (Wildman–Crippen MR) is 227 cm³/mol. The fourth-order valence-corrected chi connectivity index (χ4v) is 12.0. The molecule has 4 fully saturated rings. The molecule has 4 aliphatic heterocycles. The third kappa shape index (κ3) is 12.7. The van der Waals surface area contributed by atoms with E-state index < -0.39 is 97.0 Å². The first-order valence-corrected chi connectivity index (χ1v) is 24.8. The van der Waals surface area contributed by atoms with Gasteiger partial charge in [0, 0.05) is 117 Å². The van der Waals surface area contributed by atoms with Crippen LogP contribution in [0, 0.1) is 0 Å². The van der Waals surface area contributed by atoms with Crippen LogP contribution in [-0.4, -0.2) is 181 Å². The lowest BCUT2D eigenvalue weighted by Crippen LogP contribution is -2.61. The van der Waals surface area contributed by atoms with Crippen molar-refractivity contribution in [2.24, 2.45) is 0 Å². The molecule has 0 amide bonds. The highest BCUT2D eigenvalue weighted by Crippen LogP contribution is 2.41. The van der Waals surface area contributed by atoms with Crippen LogP contribution in [0.15, 0.2) is 24.8 Å². The van der Waals surface area contributed by atoms with Gasteiger partial charge in [0.2, 0.25) is 20.0 Å². The highest BCUT2D eigenvalue weighted by atomic mass is 32.2. The van der Waals surface area contributed by atoms with Crippen LogP contribution < -0.4 is 9.80 Å². The maximum Gasteiger partial charge on any atom is 0.453 e. The summed E-state index contributed by atoms with van der Waals surface area (Å²) < 4.78 is 194. The summed E-state index contributed by atoms with van der Waals surface area (Å²) in [6.07, 6.45) is -11.0. The molecular formula is C40H54F10N8O10S2. The zero-order valence-electron chi connectivity index (χ0n) is 38.2. The maximum absolute atomic E-state index is 13.7. The van der Waals surface area contributed by atoms with Crippen LogP contribution in [0.5, 0.6) is 0 Å². The van der Waals surface area contributed by atoms with E-state index >= 15 is 0 Å². The fourth-order valence-electron chi connectivity index (χ4n) is 7.87. The van der Waals surface area contributed by atoms with E-state index in [1.54, 1.807) is 30.6 Å². The predicted octanol–water partition coefficient (Wildman–Crippen LogP) is 4.64. The number of carbonyl (C=O) groups is 2. The van der Waals surface area contributed by atoms with E-state index in [0.717, 1.165) is 16.7 Å². The van der Waals surface area contributed by atoms with Crippen molar-refractivity contribution in [2.75, 3.05) is 88.6 Å². The van der Waals surface area contributed by atoms with Crippen molar-refractivity contribution in [1.82, 2.24) is 28.5 Å². The standard InChI is InChI=1S/C22H31F5N4O5S.C18H23F5N4O5S/c1-19(2,3)36-18(32)20(6-12-35-13-7-20)37(33,34)31-10-8-30(9-11-31)17-15-28-16(14-29-17)4-5-21(23,24)22(25,26)27;19-17(20,18(21,22)23)2-1-13-11-25-14(12-24-13)26-5-7-27(8-6-26)33(30,31)16(15(28)29)3-9-32-10-4-16/h14-15H,4-13H2,1-3H3;11-12H,1-10H2,(H,28,29). The number of hydrogen-bond donors (Lipinski definition) is 1. The summed E-state index contributed by atoms with van der Waals surface area (Å²) in [6.45, 7) is 6.13. The number of alkyl halides is 10. The number of nitrogens with zero attached hydrogens (tertiary/aromatic N) is 8. The Morgan fingerprint density at radius 3 is 1.23 bits per heavy atom. The molecule has 2 aromatic heterocycles. The number of anilines is 2. The number of hydrogen-bond acceptors (Lipinski definition) is 15. The third-order valence-corrected chi connectivity index (χ3v) is 17.4. The molecule has 6 heterocycles. The number of sulfonamides is 2. The number of carboxylic acids is 1. The molecule has 4 aliphatic rings. The van der Waals surface area contributed by atoms with Gasteiger partial charge in [-0.1, -0.05) is 0 Å². The van der Waals surface area contributed by atoms with Crippen LogP contribution in [0.25, 0.3) is 0 Å². The molecule has 396 valence electrons. The summed E-state index contributed by atoms with van der Waals surface area (Å²) in [5, 5.41) is 9.65. The van der Waals surface area contributed by atoms with Crippen molar-refractivity contribution in [2.45, 2.75) is 111 Å². The molecule has 0 unspecified atom stereocenters. The summed E-state index contributed by atoms with van der Waals surface area (Å²) in [6, 6.07) is 0. The Morgan fingerprint density at radius 2 is 0.929 bits per heavy atom. The van der Waals surface area contributed by atoms with Gasteiger partial charge in [0.25, 0.3) is 0 Å². The minimum Gasteiger partial charge on any atom is -0.480 e. The first kappa shape index (κ1) is 56.7. The van der Waals surface area contributed by atoms with E-state index in [4.69, 9.17) is 14.2 Å². The Morgan fingerprint density at radius 1 is 0.586 bits per heavy atom. The van der Waals surface area contributed by atoms with Gasteiger partial charge in [0.05, 0.1) is 36.2 Å². The lowest BCUT2D eigenvalue weighted by Gasteiger charge is -2.42. The summed E-state index contributed by atoms with van der Waals surface area (Å²) in [4.78, 5) is 44.3. The third-order valence-electron chi connectivity index (χ3n) is 12.2. The van der Waals surface area contributed by atoms with E-state index in [0.29, 0.717) is 11.6 Å². The summed E-state index contributed by atoms with van der Waals surface area (Å²) in [7, 11) is -8.27. The van der Waals surface area contributed by atoms with Crippen molar-refractivity contribution in [3.8, 4) is 0 Å². The van der Waals surface area contributed by atoms with Crippen molar-refractivity contribution in [1.29, 1.82) is 0 Å². The first-order valence-electron chi connectivity index (χ1n) is 21.9. The molecule has 0 aromatic carbocycles. The number of rotatable bonds is 14. The number of ether oxygens (including phenoxy) is 3. The van der Waals surface area contributed by atoms with Crippen molar-refractivity contribution >= 4 is 43.6 Å². The van der Waals surface area contributed by atoms with Gasteiger partial charge in [0.15, 0.2) is 9.49 Å². The normalized spacial score (nSPS) is 20.3. The summed E-state index contributed by atoms with van der Waals surface area (Å²) in [5.41, 5.74) is -0.927. The van der Waals surface area contributed by atoms with Gasteiger partial charge in [0.1, 0.15) is 17.2 Å². The van der Waals surface area contributed by atoms with E-state index in [1.807, 2.05) is 0 Å². The number of aromatic nitrogens is 4. The van der Waals surface area contributed by atoms with Crippen LogP contribution in [0.3, 0.4) is 0 Å². The van der Waals surface area contributed by atoms with E-state index in [2.05, 4.69) is 19.9 Å². The average Bonchev–Trinajstić information content (AvgIpc) is 3.30. The van der Waals surface area contributed by atoms with Crippen LogP contribution in [0.2, 0.25) is 0 Å². The van der Waals surface area contributed by atoms with Gasteiger partial charge in [-0.3, -0.25) is 19.6 Å². The lowest BCUT2D eigenvalue weighted by atomic mass is 9.99. The smallest absolute Gasteiger partial charge is 0.453 e. The second kappa shape index (κ2) is 21.4. The zero-order valence-corrected chi connectivity index (χ0v) is 39.9. The SMILES string of the molecule is CC(C)(C)OC(=O)C1(S(=O)(=O)N2CCN(c3cnc(CCC(F)(F)C(F)(F)F)cn3)CC2)CCOCC1.O=C(O)C1(S(=O)(=O)N2CCN(c3cnc(CCC(F)(F)C(F)(F)F)cn3)CC2)CCOCC1. The molecule has 0 aliphatic carbocycles. The minimum absolute atomic E-state index is 0.000539. The van der Waals surface area contributed by atoms with Crippen molar-refractivity contribution < 1.29 is 89.6 Å². The molecule has 0 spiro atoms. The molecule has 18 nitrogen and oxygen atoms in total. The lowest BCUT2D eigenvalue weighted by molar-refractivity contribution is -0.284. The Hall–Kier alpha value is -4.26. The second-order valence-corrected chi connectivity index (χ2v) is 22.4. The number of esters is 1. The average molecular weight is 1060 g/mol. The molecule has 2 aromatic rings. The summed E-state index contributed by atoms with van der Waals surface area (Å²) >= 11 is 0. The number of carbonyl (C=O) groups excluding carboxylic acids is 1. The molecule has 6 rings (SSSR count). The monoisotopic (exact) mass is 1060 g/mol. The van der Waals surface area contributed by atoms with Gasteiger partial charge < -0.3 is 29.1 Å². The Kier molecular flexibility index (Phi) is 17.4. The van der Waals surface area contributed by atoms with Crippen molar-refractivity contribution in [3.63, 3.8) is 0 Å². The molecule has 0 bridgehead atoms. The van der Waals surface area contributed by atoms with Gasteiger partial charge >= 0.3 is 36.1 Å². The van der Waals surface area contributed by atoms with Gasteiger partial charge in [-0.15, -0.1) is 0 Å². The molecular weight excluding hydrogens is 1010 g/mol. The van der Waals surface area contributed by atoms with Gasteiger partial charge in [-0.2, -0.15) is 52.5 Å². The van der Waals surface area contributed by atoms with E-state index in [1.165, 1.54) is 16.7 Å². The molecule has 30 heteroatoms. The minimum atomic E-state index is -5.63. The highest BCUT2D eigenvalue weighted by molar-refractivity contribution is 7.91. The Balaban J connectivity index is 0.000000262. The molecule has 0 radical (unpaired) electrons. The number of halogens is 10. The Bertz CT molecular complexity index is 2320. The Labute approximate surface area is 397 Å². The fraction of sp³-hybridized carbons (Fsp3) is 0.750. The number of aliphatic carboxylic acids is 1. The number of aryl methyl sites for hydroxylation is 2. The largest absolute Gasteiger partial charge is 0.480 e. The summed E-state index contributed by atoms with van der Waals surface area (Å²) in [5.74, 6) is -11.2. The van der Waals surface area contributed by atoms with Gasteiger partial charge in [-0.25, -0.2) is 26.8 Å². The maximum atomic E-state index is 13.7. The molecule has 1 N–H and O–H groups in total. The highest BCUT2D eigenvalue weighted by Gasteiger charge is 2.59. The molecule has 0 atom stereocenters. The number of carboxylic acid groups (broad SMARTS) is 1. The van der Waals surface area contributed by atoms with Crippen LogP contribution >= 0.6 is 0 Å².